The van der Waals surface area contributed by atoms with Gasteiger partial charge in [0.1, 0.15) is 0 Å². The average molecular weight is 367 g/mol. The third kappa shape index (κ3) is 3.91. The fraction of sp³-hybridized carbons (Fsp3) is 0.294. The van der Waals surface area contributed by atoms with Gasteiger partial charge in [0.15, 0.2) is 4.96 Å². The number of rotatable bonds is 4. The molecule has 8 heteroatoms. The molecule has 1 aromatic carbocycles. The van der Waals surface area contributed by atoms with Crippen LogP contribution in [0, 0.1) is 6.92 Å². The first-order chi connectivity index (χ1) is 11.7. The summed E-state index contributed by atoms with van der Waals surface area (Å²) >= 11 is 1.40. The van der Waals surface area contributed by atoms with Crippen molar-refractivity contribution >= 4 is 16.3 Å². The van der Waals surface area contributed by atoms with Gasteiger partial charge in [-0.2, -0.15) is 13.2 Å². The minimum absolute atomic E-state index is 0.123. The van der Waals surface area contributed by atoms with E-state index >= 15 is 0 Å². The van der Waals surface area contributed by atoms with Gasteiger partial charge in [-0.3, -0.25) is 14.1 Å². The number of nitrogens with zero attached hydrogens (tertiary/aromatic N) is 3. The molecule has 0 radical (unpaired) electrons. The number of hydrogen-bond acceptors (Lipinski definition) is 4. The van der Waals surface area contributed by atoms with Crippen molar-refractivity contribution in [2.24, 2.45) is 0 Å². The highest BCUT2D eigenvalue weighted by molar-refractivity contribution is 7.15. The first-order valence-corrected chi connectivity index (χ1v) is 8.43. The predicted molar refractivity (Wildman–Crippen MR) is 90.7 cm³/mol. The zero-order chi connectivity index (χ0) is 18.2. The van der Waals surface area contributed by atoms with Crippen LogP contribution in [0.4, 0.5) is 13.2 Å². The van der Waals surface area contributed by atoms with Crippen LogP contribution in [0.5, 0.6) is 0 Å². The Balaban J connectivity index is 1.72. The van der Waals surface area contributed by atoms with Crippen LogP contribution in [-0.4, -0.2) is 21.3 Å². The maximum Gasteiger partial charge on any atom is 0.416 e. The van der Waals surface area contributed by atoms with Crippen LogP contribution >= 0.6 is 11.3 Å². The maximum atomic E-state index is 12.6. The number of aromatic nitrogens is 2. The molecule has 25 heavy (non-hydrogen) atoms. The molecule has 2 heterocycles. The Labute approximate surface area is 146 Å². The lowest BCUT2D eigenvalue weighted by Crippen LogP contribution is -2.21. The van der Waals surface area contributed by atoms with E-state index in [1.807, 2.05) is 24.3 Å². The zero-order valence-electron chi connectivity index (χ0n) is 13.7. The number of hydrogen-bond donors (Lipinski definition) is 0. The zero-order valence-corrected chi connectivity index (χ0v) is 14.5. The molecule has 0 bridgehead atoms. The van der Waals surface area contributed by atoms with Gasteiger partial charge in [0.2, 0.25) is 0 Å². The van der Waals surface area contributed by atoms with Gasteiger partial charge < -0.3 is 0 Å². The number of halogens is 3. The molecule has 0 unspecified atom stereocenters. The summed E-state index contributed by atoms with van der Waals surface area (Å²) in [6.45, 7) is 2.75. The van der Waals surface area contributed by atoms with Crippen molar-refractivity contribution in [2.45, 2.75) is 26.2 Å². The van der Waals surface area contributed by atoms with Crippen LogP contribution in [0.1, 0.15) is 22.5 Å². The van der Waals surface area contributed by atoms with Gasteiger partial charge >= 0.3 is 6.18 Å². The molecule has 132 valence electrons. The van der Waals surface area contributed by atoms with Gasteiger partial charge in [-0.1, -0.05) is 12.1 Å². The number of aryl methyl sites for hydroxylation is 1. The van der Waals surface area contributed by atoms with E-state index in [-0.39, 0.29) is 5.56 Å². The van der Waals surface area contributed by atoms with Crippen molar-refractivity contribution in [1.29, 1.82) is 0 Å². The van der Waals surface area contributed by atoms with E-state index in [0.717, 1.165) is 23.4 Å². The largest absolute Gasteiger partial charge is 0.416 e. The Morgan fingerprint density at radius 2 is 1.88 bits per heavy atom. The van der Waals surface area contributed by atoms with E-state index < -0.39 is 11.7 Å². The van der Waals surface area contributed by atoms with Crippen LogP contribution in [0.15, 0.2) is 40.5 Å². The SMILES string of the molecule is Cc1csc2nc(CN(C)Cc3ccc(C(F)(F)F)cc3)cc(=O)n12. The van der Waals surface area contributed by atoms with Gasteiger partial charge in [-0.05, 0) is 31.7 Å². The molecular formula is C17H16F3N3OS. The summed E-state index contributed by atoms with van der Waals surface area (Å²) in [5.41, 5.74) is 1.47. The van der Waals surface area contributed by atoms with E-state index in [1.165, 1.54) is 29.5 Å². The molecule has 0 saturated carbocycles. The highest BCUT2D eigenvalue weighted by atomic mass is 32.1. The van der Waals surface area contributed by atoms with Crippen molar-refractivity contribution in [3.63, 3.8) is 0 Å². The molecule has 0 fully saturated rings. The van der Waals surface area contributed by atoms with Crippen molar-refractivity contribution in [3.8, 4) is 0 Å². The summed E-state index contributed by atoms with van der Waals surface area (Å²) in [6, 6.07) is 6.58. The van der Waals surface area contributed by atoms with E-state index in [0.29, 0.717) is 23.7 Å². The van der Waals surface area contributed by atoms with Crippen LogP contribution in [0.2, 0.25) is 0 Å². The van der Waals surface area contributed by atoms with Gasteiger partial charge in [-0.15, -0.1) is 11.3 Å². The summed E-state index contributed by atoms with van der Waals surface area (Å²) in [6.07, 6.45) is -4.33. The van der Waals surface area contributed by atoms with Gasteiger partial charge in [-0.25, -0.2) is 4.98 Å². The van der Waals surface area contributed by atoms with Crippen LogP contribution in [0.3, 0.4) is 0 Å². The second kappa shape index (κ2) is 6.61. The average Bonchev–Trinajstić information content (AvgIpc) is 2.88. The predicted octanol–water partition coefficient (Wildman–Crippen LogP) is 3.72. The first kappa shape index (κ1) is 17.6. The van der Waals surface area contributed by atoms with Crippen LogP contribution in [-0.2, 0) is 19.3 Å². The summed E-state index contributed by atoms with van der Waals surface area (Å²) in [5.74, 6) is 0. The molecule has 0 saturated heterocycles. The van der Waals surface area contributed by atoms with Crippen molar-refractivity contribution in [1.82, 2.24) is 14.3 Å². The van der Waals surface area contributed by atoms with Crippen molar-refractivity contribution in [3.05, 3.63) is 68.6 Å². The fourth-order valence-corrected chi connectivity index (χ4v) is 3.52. The summed E-state index contributed by atoms with van der Waals surface area (Å²) in [7, 11) is 1.83. The minimum atomic E-state index is -4.33. The van der Waals surface area contributed by atoms with E-state index in [9.17, 15) is 18.0 Å². The molecule has 0 N–H and O–H groups in total. The number of alkyl halides is 3. The highest BCUT2D eigenvalue weighted by Crippen LogP contribution is 2.29. The maximum absolute atomic E-state index is 12.6. The Kier molecular flexibility index (Phi) is 4.66. The molecule has 3 rings (SSSR count). The van der Waals surface area contributed by atoms with Crippen molar-refractivity contribution in [2.75, 3.05) is 7.05 Å². The Morgan fingerprint density at radius 1 is 1.20 bits per heavy atom. The molecule has 3 aromatic rings. The second-order valence-electron chi connectivity index (χ2n) is 5.95. The van der Waals surface area contributed by atoms with Crippen LogP contribution < -0.4 is 5.56 Å². The number of fused-ring (bicyclic) bond motifs is 1. The third-order valence-corrected chi connectivity index (χ3v) is 4.74. The molecule has 0 amide bonds. The Morgan fingerprint density at radius 3 is 2.52 bits per heavy atom. The normalized spacial score (nSPS) is 12.2. The van der Waals surface area contributed by atoms with E-state index in [2.05, 4.69) is 4.98 Å². The molecule has 0 atom stereocenters. The quantitative estimate of drug-likeness (QED) is 0.705. The number of thiazole rings is 1. The lowest BCUT2D eigenvalue weighted by Gasteiger charge is -2.16. The Bertz CT molecular complexity index is 944. The fourth-order valence-electron chi connectivity index (χ4n) is 2.63. The van der Waals surface area contributed by atoms with Gasteiger partial charge in [0.05, 0.1) is 11.3 Å². The number of benzene rings is 1. The molecule has 0 aliphatic carbocycles. The molecule has 0 spiro atoms. The monoisotopic (exact) mass is 367 g/mol. The van der Waals surface area contributed by atoms with Crippen molar-refractivity contribution < 1.29 is 13.2 Å². The minimum Gasteiger partial charge on any atom is -0.296 e. The molecule has 0 aliphatic heterocycles. The standard InChI is InChI=1S/C17H16F3N3OS/c1-11-10-25-16-21-14(7-15(24)23(11)16)9-22(2)8-12-3-5-13(6-4-12)17(18,19)20/h3-7,10H,8-9H2,1-2H3. The lowest BCUT2D eigenvalue weighted by molar-refractivity contribution is -0.137. The summed E-state index contributed by atoms with van der Waals surface area (Å²) in [4.78, 5) is 19.2. The summed E-state index contributed by atoms with van der Waals surface area (Å²) in [5, 5.41) is 1.87. The molecule has 4 nitrogen and oxygen atoms in total. The van der Waals surface area contributed by atoms with E-state index in [1.54, 1.807) is 4.40 Å². The molecule has 2 aromatic heterocycles. The first-order valence-electron chi connectivity index (χ1n) is 7.55. The third-order valence-electron chi connectivity index (χ3n) is 3.79. The molecular weight excluding hydrogens is 351 g/mol. The van der Waals surface area contributed by atoms with Gasteiger partial charge in [0.25, 0.3) is 5.56 Å². The second-order valence-corrected chi connectivity index (χ2v) is 6.78. The summed E-state index contributed by atoms with van der Waals surface area (Å²) < 4.78 is 39.3. The van der Waals surface area contributed by atoms with Crippen LogP contribution in [0.25, 0.3) is 4.96 Å². The molecule has 0 aliphatic rings. The Hall–Kier alpha value is -2.19. The lowest BCUT2D eigenvalue weighted by atomic mass is 10.1. The topological polar surface area (TPSA) is 37.6 Å². The highest BCUT2D eigenvalue weighted by Gasteiger charge is 2.29. The van der Waals surface area contributed by atoms with E-state index in [4.69, 9.17) is 0 Å². The smallest absolute Gasteiger partial charge is 0.296 e. The van der Waals surface area contributed by atoms with Gasteiger partial charge in [0, 0.05) is 30.2 Å².